The first-order valence-electron chi connectivity index (χ1n) is 13.4. The van der Waals surface area contributed by atoms with Gasteiger partial charge in [-0.1, -0.05) is 54.6 Å². The van der Waals surface area contributed by atoms with Crippen LogP contribution < -0.4 is 15.6 Å². The zero-order valence-electron chi connectivity index (χ0n) is 22.0. The number of hydrogen-bond acceptors (Lipinski definition) is 6. The molecule has 8 heteroatoms. The third kappa shape index (κ3) is 6.14. The predicted molar refractivity (Wildman–Crippen MR) is 156 cm³/mol. The highest BCUT2D eigenvalue weighted by Crippen LogP contribution is 2.32. The number of aromatic nitrogens is 2. The number of rotatable bonds is 9. The van der Waals surface area contributed by atoms with Gasteiger partial charge >= 0.3 is 0 Å². The van der Waals surface area contributed by atoms with Crippen LogP contribution in [0.3, 0.4) is 0 Å². The van der Waals surface area contributed by atoms with Crippen molar-refractivity contribution >= 4 is 50.9 Å². The molecule has 1 N–H and O–H groups in total. The van der Waals surface area contributed by atoms with Crippen LogP contribution in [-0.4, -0.2) is 30.6 Å². The summed E-state index contributed by atoms with van der Waals surface area (Å²) in [6, 6.07) is 11.4. The van der Waals surface area contributed by atoms with E-state index in [0.29, 0.717) is 39.0 Å². The van der Waals surface area contributed by atoms with Crippen molar-refractivity contribution < 1.29 is 4.42 Å². The van der Waals surface area contributed by atoms with Crippen LogP contribution >= 0.6 is 23.2 Å². The molecule has 1 aliphatic carbocycles. The Labute approximate surface area is 233 Å². The third-order valence-electron chi connectivity index (χ3n) is 7.64. The Hall–Kier alpha value is -2.67. The molecule has 5 rings (SSSR count). The van der Waals surface area contributed by atoms with E-state index in [1.807, 2.05) is 26.2 Å². The summed E-state index contributed by atoms with van der Waals surface area (Å²) >= 11 is 12.2. The summed E-state index contributed by atoms with van der Waals surface area (Å²) in [5, 5.41) is 5.78. The van der Waals surface area contributed by atoms with Gasteiger partial charge in [-0.25, -0.2) is 9.97 Å². The first-order valence-corrected chi connectivity index (χ1v) is 14.2. The quantitative estimate of drug-likeness (QED) is 0.240. The van der Waals surface area contributed by atoms with E-state index in [9.17, 15) is 4.79 Å². The van der Waals surface area contributed by atoms with Crippen molar-refractivity contribution in [1.82, 2.24) is 15.3 Å². The highest BCUT2D eigenvalue weighted by atomic mass is 35.5. The highest BCUT2D eigenvalue weighted by molar-refractivity contribution is 6.38. The molecule has 0 aliphatic heterocycles. The van der Waals surface area contributed by atoms with E-state index in [4.69, 9.17) is 37.6 Å². The summed E-state index contributed by atoms with van der Waals surface area (Å²) < 4.78 is 5.63. The van der Waals surface area contributed by atoms with Gasteiger partial charge in [0.1, 0.15) is 11.6 Å². The molecule has 1 saturated carbocycles. The minimum Gasteiger partial charge on any atom is -0.462 e. The van der Waals surface area contributed by atoms with Gasteiger partial charge in [-0.05, 0) is 61.9 Å². The molecule has 6 nitrogen and oxygen atoms in total. The maximum atomic E-state index is 12.8. The standard InChI is InChI=1S/C30H34Cl2N4O2/c1-36(2)30-23-7-3-4-8-26(23)34-27(35-30)9-5-6-19-10-12-20(13-11-19)16-33-17-21-18-38-29-24(28(21)37)14-22(31)15-25(29)32/h3-4,7-8,14-15,18-20,33H,5-6,9-13,16-17H2,1-2H3. The van der Waals surface area contributed by atoms with Crippen LogP contribution in [0.15, 0.2) is 51.9 Å². The van der Waals surface area contributed by atoms with E-state index in [2.05, 4.69) is 22.3 Å². The van der Waals surface area contributed by atoms with Crippen LogP contribution in [0.25, 0.3) is 21.9 Å². The number of nitrogens with one attached hydrogen (secondary N) is 1. The Morgan fingerprint density at radius 1 is 1.03 bits per heavy atom. The minimum atomic E-state index is -0.0834. The molecule has 2 aromatic carbocycles. The molecule has 38 heavy (non-hydrogen) atoms. The van der Waals surface area contributed by atoms with Crippen molar-refractivity contribution in [2.75, 3.05) is 25.5 Å². The number of para-hydroxylation sites is 1. The van der Waals surface area contributed by atoms with Gasteiger partial charge in [0.25, 0.3) is 0 Å². The van der Waals surface area contributed by atoms with E-state index in [1.165, 1.54) is 38.4 Å². The smallest absolute Gasteiger partial charge is 0.197 e. The van der Waals surface area contributed by atoms with Gasteiger partial charge in [0.2, 0.25) is 0 Å². The fraction of sp³-hybridized carbons (Fsp3) is 0.433. The zero-order chi connectivity index (χ0) is 26.6. The number of hydrogen-bond donors (Lipinski definition) is 1. The van der Waals surface area contributed by atoms with Gasteiger partial charge in [-0.3, -0.25) is 4.79 Å². The number of halogens is 2. The van der Waals surface area contributed by atoms with Crippen molar-refractivity contribution in [2.24, 2.45) is 11.8 Å². The molecule has 0 radical (unpaired) electrons. The van der Waals surface area contributed by atoms with Crippen LogP contribution in [-0.2, 0) is 13.0 Å². The average Bonchev–Trinajstić information content (AvgIpc) is 2.90. The van der Waals surface area contributed by atoms with Crippen LogP contribution in [0.4, 0.5) is 5.82 Å². The largest absolute Gasteiger partial charge is 0.462 e. The fourth-order valence-corrected chi connectivity index (χ4v) is 6.11. The summed E-state index contributed by atoms with van der Waals surface area (Å²) in [7, 11) is 4.07. The van der Waals surface area contributed by atoms with Gasteiger partial charge in [-0.2, -0.15) is 0 Å². The minimum absolute atomic E-state index is 0.0834. The zero-order valence-corrected chi connectivity index (χ0v) is 23.5. The van der Waals surface area contributed by atoms with E-state index in [1.54, 1.807) is 12.1 Å². The molecule has 1 fully saturated rings. The monoisotopic (exact) mass is 552 g/mol. The maximum Gasteiger partial charge on any atom is 0.197 e. The average molecular weight is 554 g/mol. The maximum absolute atomic E-state index is 12.8. The van der Waals surface area contributed by atoms with E-state index in [-0.39, 0.29) is 5.43 Å². The Bertz CT molecular complexity index is 1480. The molecule has 2 aromatic heterocycles. The molecule has 200 valence electrons. The number of anilines is 1. The second-order valence-electron chi connectivity index (χ2n) is 10.6. The Morgan fingerprint density at radius 3 is 2.58 bits per heavy atom. The van der Waals surface area contributed by atoms with E-state index in [0.717, 1.165) is 47.8 Å². The predicted octanol–water partition coefficient (Wildman–Crippen LogP) is 7.03. The molecule has 0 unspecified atom stereocenters. The van der Waals surface area contributed by atoms with Crippen molar-refractivity contribution in [3.63, 3.8) is 0 Å². The van der Waals surface area contributed by atoms with Gasteiger partial charge in [0.05, 0.1) is 22.2 Å². The van der Waals surface area contributed by atoms with Gasteiger partial charge in [-0.15, -0.1) is 0 Å². The molecular weight excluding hydrogens is 519 g/mol. The normalized spacial score (nSPS) is 17.8. The first-order chi connectivity index (χ1) is 18.4. The van der Waals surface area contributed by atoms with Crippen LogP contribution in [0.5, 0.6) is 0 Å². The van der Waals surface area contributed by atoms with Crippen molar-refractivity contribution in [2.45, 2.75) is 51.5 Å². The van der Waals surface area contributed by atoms with Gasteiger partial charge in [0, 0.05) is 43.0 Å². The highest BCUT2D eigenvalue weighted by Gasteiger charge is 2.21. The molecule has 4 aromatic rings. The van der Waals surface area contributed by atoms with Crippen LogP contribution in [0.2, 0.25) is 10.0 Å². The molecule has 0 spiro atoms. The number of fused-ring (bicyclic) bond motifs is 2. The molecule has 0 atom stereocenters. The Kier molecular flexibility index (Phi) is 8.51. The van der Waals surface area contributed by atoms with Crippen molar-refractivity contribution in [3.05, 3.63) is 74.3 Å². The molecular formula is C30H34Cl2N4O2. The molecule has 1 aliphatic rings. The Morgan fingerprint density at radius 2 is 1.79 bits per heavy atom. The van der Waals surface area contributed by atoms with Gasteiger partial charge < -0.3 is 14.6 Å². The number of aryl methyl sites for hydroxylation is 1. The van der Waals surface area contributed by atoms with Crippen molar-refractivity contribution in [3.8, 4) is 0 Å². The Balaban J connectivity index is 1.07. The van der Waals surface area contributed by atoms with Crippen LogP contribution in [0.1, 0.15) is 49.9 Å². The second kappa shape index (κ2) is 12.0. The topological polar surface area (TPSA) is 71.3 Å². The summed E-state index contributed by atoms with van der Waals surface area (Å²) in [6.07, 6.45) is 9.69. The molecule has 0 saturated heterocycles. The molecule has 0 amide bonds. The van der Waals surface area contributed by atoms with Crippen molar-refractivity contribution in [1.29, 1.82) is 0 Å². The SMILES string of the molecule is CN(C)c1nc(CCCC2CCC(CNCc3coc4c(Cl)cc(Cl)cc4c3=O)CC2)nc2ccccc12. The first kappa shape index (κ1) is 26.9. The fourth-order valence-electron chi connectivity index (χ4n) is 5.57. The summed E-state index contributed by atoms with van der Waals surface area (Å²) in [5.41, 5.74) is 1.91. The summed E-state index contributed by atoms with van der Waals surface area (Å²) in [5.74, 6) is 3.33. The second-order valence-corrected chi connectivity index (χ2v) is 11.5. The third-order valence-corrected chi connectivity index (χ3v) is 8.14. The van der Waals surface area contributed by atoms with E-state index < -0.39 is 0 Å². The number of benzene rings is 2. The molecule has 0 bridgehead atoms. The summed E-state index contributed by atoms with van der Waals surface area (Å²) in [6.45, 7) is 1.38. The van der Waals surface area contributed by atoms with Gasteiger partial charge in [0.15, 0.2) is 11.0 Å². The van der Waals surface area contributed by atoms with Crippen LogP contribution in [0, 0.1) is 11.8 Å². The lowest BCUT2D eigenvalue weighted by Gasteiger charge is -2.28. The van der Waals surface area contributed by atoms with E-state index >= 15 is 0 Å². The number of nitrogens with zero attached hydrogens (tertiary/aromatic N) is 3. The lowest BCUT2D eigenvalue weighted by molar-refractivity contribution is 0.253. The summed E-state index contributed by atoms with van der Waals surface area (Å²) in [4.78, 5) is 24.6. The lowest BCUT2D eigenvalue weighted by Crippen LogP contribution is -2.28. The molecule has 2 heterocycles. The lowest BCUT2D eigenvalue weighted by atomic mass is 9.80.